The van der Waals surface area contributed by atoms with E-state index in [9.17, 15) is 5.11 Å². The molecule has 0 heterocycles. The molecule has 0 radical (unpaired) electrons. The predicted octanol–water partition coefficient (Wildman–Crippen LogP) is 1.57. The molecule has 0 aromatic rings. The highest BCUT2D eigenvalue weighted by Crippen LogP contribution is 2.34. The van der Waals surface area contributed by atoms with Crippen molar-refractivity contribution in [2.24, 2.45) is 5.92 Å². The SMILES string of the molecule is N#CC1CCCCC1NC1(CO)CCC1. The fourth-order valence-electron chi connectivity index (χ4n) is 2.80. The van der Waals surface area contributed by atoms with Crippen LogP contribution in [-0.2, 0) is 0 Å². The van der Waals surface area contributed by atoms with E-state index in [4.69, 9.17) is 5.26 Å². The average molecular weight is 208 g/mol. The van der Waals surface area contributed by atoms with Crippen molar-refractivity contribution in [1.82, 2.24) is 5.32 Å². The van der Waals surface area contributed by atoms with Crippen LogP contribution in [-0.4, -0.2) is 23.3 Å². The lowest BCUT2D eigenvalue weighted by Crippen LogP contribution is -2.59. The van der Waals surface area contributed by atoms with Gasteiger partial charge < -0.3 is 10.4 Å². The maximum absolute atomic E-state index is 9.38. The third kappa shape index (κ3) is 2.16. The number of aliphatic hydroxyl groups excluding tert-OH is 1. The van der Waals surface area contributed by atoms with Crippen LogP contribution in [0.4, 0.5) is 0 Å². The molecule has 3 nitrogen and oxygen atoms in total. The van der Waals surface area contributed by atoms with Gasteiger partial charge in [0.15, 0.2) is 0 Å². The Balaban J connectivity index is 1.94. The minimum atomic E-state index is -0.0445. The highest BCUT2D eigenvalue weighted by Gasteiger charge is 2.40. The lowest BCUT2D eigenvalue weighted by atomic mass is 9.74. The molecule has 3 heteroatoms. The van der Waals surface area contributed by atoms with Crippen molar-refractivity contribution in [3.05, 3.63) is 0 Å². The molecule has 0 aromatic carbocycles. The Hall–Kier alpha value is -0.590. The van der Waals surface area contributed by atoms with Crippen LogP contribution in [0.25, 0.3) is 0 Å². The van der Waals surface area contributed by atoms with Crippen molar-refractivity contribution in [3.63, 3.8) is 0 Å². The largest absolute Gasteiger partial charge is 0.394 e. The van der Waals surface area contributed by atoms with Gasteiger partial charge in [-0.15, -0.1) is 0 Å². The molecule has 2 atom stereocenters. The topological polar surface area (TPSA) is 56.0 Å². The molecule has 0 spiro atoms. The monoisotopic (exact) mass is 208 g/mol. The Labute approximate surface area is 91.5 Å². The quantitative estimate of drug-likeness (QED) is 0.740. The molecule has 0 saturated heterocycles. The van der Waals surface area contributed by atoms with Gasteiger partial charge in [0.2, 0.25) is 0 Å². The number of hydrogen-bond donors (Lipinski definition) is 2. The number of nitrogens with one attached hydrogen (secondary N) is 1. The van der Waals surface area contributed by atoms with Gasteiger partial charge in [-0.1, -0.05) is 12.8 Å². The van der Waals surface area contributed by atoms with Crippen molar-refractivity contribution < 1.29 is 5.11 Å². The second kappa shape index (κ2) is 4.51. The van der Waals surface area contributed by atoms with Gasteiger partial charge in [-0.05, 0) is 32.1 Å². The van der Waals surface area contributed by atoms with E-state index < -0.39 is 0 Å². The number of nitrogens with zero attached hydrogens (tertiary/aromatic N) is 1. The number of rotatable bonds is 3. The summed E-state index contributed by atoms with van der Waals surface area (Å²) in [5, 5.41) is 22.0. The molecule has 0 aliphatic heterocycles. The van der Waals surface area contributed by atoms with E-state index in [1.54, 1.807) is 0 Å². The first-order valence-corrected chi connectivity index (χ1v) is 6.08. The van der Waals surface area contributed by atoms with Crippen LogP contribution in [0.1, 0.15) is 44.9 Å². The third-order valence-corrected chi connectivity index (χ3v) is 4.04. The van der Waals surface area contributed by atoms with E-state index >= 15 is 0 Å². The molecular formula is C12H20N2O. The molecule has 2 rings (SSSR count). The van der Waals surface area contributed by atoms with Gasteiger partial charge in [0.1, 0.15) is 0 Å². The normalized spacial score (nSPS) is 34.1. The fourth-order valence-corrected chi connectivity index (χ4v) is 2.80. The summed E-state index contributed by atoms with van der Waals surface area (Å²) in [4.78, 5) is 0. The summed E-state index contributed by atoms with van der Waals surface area (Å²) in [6.45, 7) is 0.224. The lowest BCUT2D eigenvalue weighted by Gasteiger charge is -2.45. The predicted molar refractivity (Wildman–Crippen MR) is 58.2 cm³/mol. The van der Waals surface area contributed by atoms with Gasteiger partial charge in [-0.2, -0.15) is 5.26 Å². The Morgan fingerprint density at radius 2 is 2.00 bits per heavy atom. The summed E-state index contributed by atoms with van der Waals surface area (Å²) < 4.78 is 0. The summed E-state index contributed by atoms with van der Waals surface area (Å²) in [7, 11) is 0. The number of hydrogen-bond acceptors (Lipinski definition) is 3. The first-order valence-electron chi connectivity index (χ1n) is 6.08. The van der Waals surface area contributed by atoms with Gasteiger partial charge in [0.05, 0.1) is 18.6 Å². The molecule has 2 aliphatic carbocycles. The molecule has 0 bridgehead atoms. The second-order valence-corrected chi connectivity index (χ2v) is 5.06. The summed E-state index contributed by atoms with van der Waals surface area (Å²) in [6, 6.07) is 2.72. The molecule has 2 unspecified atom stereocenters. The zero-order valence-electron chi connectivity index (χ0n) is 9.21. The summed E-state index contributed by atoms with van der Waals surface area (Å²) in [5.41, 5.74) is -0.0445. The van der Waals surface area contributed by atoms with Gasteiger partial charge in [0.25, 0.3) is 0 Å². The zero-order valence-corrected chi connectivity index (χ0v) is 9.21. The summed E-state index contributed by atoms with van der Waals surface area (Å²) in [6.07, 6.45) is 7.86. The van der Waals surface area contributed by atoms with Crippen LogP contribution in [0.5, 0.6) is 0 Å². The Bertz CT molecular complexity index is 249. The van der Waals surface area contributed by atoms with Crippen LogP contribution in [0.2, 0.25) is 0 Å². The van der Waals surface area contributed by atoms with E-state index in [1.807, 2.05) is 0 Å². The molecule has 15 heavy (non-hydrogen) atoms. The van der Waals surface area contributed by atoms with Crippen molar-refractivity contribution in [2.75, 3.05) is 6.61 Å². The first kappa shape index (κ1) is 10.9. The molecular weight excluding hydrogens is 188 g/mol. The zero-order chi connectivity index (χ0) is 10.7. The van der Waals surface area contributed by atoms with Crippen LogP contribution in [0, 0.1) is 17.2 Å². The molecule has 2 fully saturated rings. The Kier molecular flexibility index (Phi) is 3.28. The highest BCUT2D eigenvalue weighted by molar-refractivity contribution is 5.02. The number of nitriles is 1. The maximum Gasteiger partial charge on any atom is 0.0672 e. The van der Waals surface area contributed by atoms with Crippen molar-refractivity contribution in [2.45, 2.75) is 56.5 Å². The standard InChI is InChI=1S/C12H20N2O/c13-8-10-4-1-2-5-11(10)14-12(9-15)6-3-7-12/h10-11,14-15H,1-7,9H2. The lowest BCUT2D eigenvalue weighted by molar-refractivity contribution is 0.0644. The summed E-state index contributed by atoms with van der Waals surface area (Å²) in [5.74, 6) is 0.155. The van der Waals surface area contributed by atoms with E-state index in [2.05, 4.69) is 11.4 Å². The van der Waals surface area contributed by atoms with Crippen molar-refractivity contribution in [3.8, 4) is 6.07 Å². The molecule has 0 amide bonds. The Morgan fingerprint density at radius 3 is 2.53 bits per heavy atom. The molecule has 0 aromatic heterocycles. The van der Waals surface area contributed by atoms with Gasteiger partial charge in [0, 0.05) is 11.6 Å². The van der Waals surface area contributed by atoms with Crippen LogP contribution in [0.3, 0.4) is 0 Å². The summed E-state index contributed by atoms with van der Waals surface area (Å²) >= 11 is 0. The molecule has 84 valence electrons. The minimum Gasteiger partial charge on any atom is -0.394 e. The Morgan fingerprint density at radius 1 is 1.27 bits per heavy atom. The fraction of sp³-hybridized carbons (Fsp3) is 0.917. The average Bonchev–Trinajstić information content (AvgIpc) is 2.24. The third-order valence-electron chi connectivity index (χ3n) is 4.04. The van der Waals surface area contributed by atoms with Crippen molar-refractivity contribution in [1.29, 1.82) is 5.26 Å². The minimum absolute atomic E-state index is 0.0445. The van der Waals surface area contributed by atoms with Crippen LogP contribution in [0.15, 0.2) is 0 Å². The van der Waals surface area contributed by atoms with E-state index in [1.165, 1.54) is 19.3 Å². The molecule has 2 N–H and O–H groups in total. The van der Waals surface area contributed by atoms with Gasteiger partial charge >= 0.3 is 0 Å². The van der Waals surface area contributed by atoms with E-state index in [-0.39, 0.29) is 18.1 Å². The van der Waals surface area contributed by atoms with E-state index in [0.717, 1.165) is 25.7 Å². The van der Waals surface area contributed by atoms with Gasteiger partial charge in [-0.25, -0.2) is 0 Å². The van der Waals surface area contributed by atoms with Gasteiger partial charge in [-0.3, -0.25) is 0 Å². The van der Waals surface area contributed by atoms with E-state index in [0.29, 0.717) is 6.04 Å². The smallest absolute Gasteiger partial charge is 0.0672 e. The number of aliphatic hydroxyl groups is 1. The molecule has 2 saturated carbocycles. The molecule has 2 aliphatic rings. The second-order valence-electron chi connectivity index (χ2n) is 5.06. The first-order chi connectivity index (χ1) is 7.29. The highest BCUT2D eigenvalue weighted by atomic mass is 16.3. The maximum atomic E-state index is 9.38. The van der Waals surface area contributed by atoms with Crippen LogP contribution < -0.4 is 5.32 Å². The van der Waals surface area contributed by atoms with Crippen molar-refractivity contribution >= 4 is 0 Å². The van der Waals surface area contributed by atoms with Crippen LogP contribution >= 0.6 is 0 Å².